The molecule has 5 nitrogen and oxygen atoms in total. The summed E-state index contributed by atoms with van der Waals surface area (Å²) >= 11 is 5.84. The average molecular weight is 350 g/mol. The van der Waals surface area contributed by atoms with Crippen LogP contribution in [-0.2, 0) is 19.6 Å². The molecule has 0 spiro atoms. The molecule has 1 fully saturated rings. The number of piperidine rings is 1. The Kier molecular flexibility index (Phi) is 5.41. The quantitative estimate of drug-likeness (QED) is 0.783. The third kappa shape index (κ3) is 3.59. The molecule has 1 aromatic rings. The molecule has 1 heterocycles. The van der Waals surface area contributed by atoms with Crippen LogP contribution in [-0.4, -0.2) is 38.4 Å². The van der Waals surface area contributed by atoms with Gasteiger partial charge in [0.2, 0.25) is 10.0 Å². The Balaban J connectivity index is 2.23. The van der Waals surface area contributed by atoms with E-state index in [1.165, 1.54) is 4.31 Å². The van der Waals surface area contributed by atoms with Crippen molar-refractivity contribution in [2.75, 3.05) is 19.7 Å². The Bertz CT molecular complexity index is 665. The maximum Gasteiger partial charge on any atom is 0.310 e. The van der Waals surface area contributed by atoms with Gasteiger partial charge in [-0.3, -0.25) is 4.79 Å². The van der Waals surface area contributed by atoms with E-state index in [2.05, 4.69) is 0 Å². The zero-order valence-corrected chi connectivity index (χ0v) is 13.7. The van der Waals surface area contributed by atoms with Crippen molar-refractivity contribution >= 4 is 27.6 Å². The zero-order chi connectivity index (χ0) is 16.3. The van der Waals surface area contributed by atoms with Gasteiger partial charge in [-0.15, -0.1) is 0 Å². The summed E-state index contributed by atoms with van der Waals surface area (Å²) in [5.74, 6) is -1.48. The van der Waals surface area contributed by atoms with Gasteiger partial charge in [0, 0.05) is 13.1 Å². The summed E-state index contributed by atoms with van der Waals surface area (Å²) in [5.41, 5.74) is 0. The predicted octanol–water partition coefficient (Wildman–Crippen LogP) is 2.44. The largest absolute Gasteiger partial charge is 0.466 e. The molecule has 1 saturated heterocycles. The highest BCUT2D eigenvalue weighted by atomic mass is 35.5. The van der Waals surface area contributed by atoms with Gasteiger partial charge in [0.1, 0.15) is 10.7 Å². The van der Waals surface area contributed by atoms with Crippen molar-refractivity contribution in [1.29, 1.82) is 0 Å². The molecule has 0 radical (unpaired) electrons. The molecular weight excluding hydrogens is 333 g/mol. The molecule has 1 aliphatic heterocycles. The average Bonchev–Trinajstić information content (AvgIpc) is 2.47. The second kappa shape index (κ2) is 6.93. The molecule has 1 aliphatic rings. The number of nitrogens with zero attached hydrogens (tertiary/aromatic N) is 1. The Hall–Kier alpha value is -1.18. The fourth-order valence-electron chi connectivity index (χ4n) is 2.44. The smallest absolute Gasteiger partial charge is 0.310 e. The molecule has 1 aromatic carbocycles. The van der Waals surface area contributed by atoms with Gasteiger partial charge in [-0.25, -0.2) is 12.8 Å². The first-order valence-electron chi connectivity index (χ1n) is 6.98. The molecule has 1 unspecified atom stereocenters. The molecule has 122 valence electrons. The molecule has 0 bridgehead atoms. The van der Waals surface area contributed by atoms with E-state index in [0.29, 0.717) is 19.4 Å². The van der Waals surface area contributed by atoms with Gasteiger partial charge < -0.3 is 4.74 Å². The lowest BCUT2D eigenvalue weighted by atomic mass is 10.0. The fraction of sp³-hybridized carbons (Fsp3) is 0.500. The van der Waals surface area contributed by atoms with Gasteiger partial charge in [-0.2, -0.15) is 4.31 Å². The van der Waals surface area contributed by atoms with Gasteiger partial charge in [0.15, 0.2) is 0 Å². The number of ether oxygens (including phenoxy) is 1. The maximum atomic E-state index is 13.1. The van der Waals surface area contributed by atoms with Crippen molar-refractivity contribution in [2.45, 2.75) is 24.7 Å². The van der Waals surface area contributed by atoms with Crippen LogP contribution in [0.3, 0.4) is 0 Å². The van der Waals surface area contributed by atoms with E-state index < -0.39 is 27.7 Å². The second-order valence-electron chi connectivity index (χ2n) is 5.03. The van der Waals surface area contributed by atoms with Crippen molar-refractivity contribution in [2.24, 2.45) is 5.92 Å². The van der Waals surface area contributed by atoms with Gasteiger partial charge in [0.05, 0.1) is 17.5 Å². The lowest BCUT2D eigenvalue weighted by Gasteiger charge is -2.30. The second-order valence-corrected chi connectivity index (χ2v) is 7.34. The van der Waals surface area contributed by atoms with Crippen LogP contribution in [0.4, 0.5) is 4.39 Å². The third-order valence-corrected chi connectivity index (χ3v) is 5.86. The summed E-state index contributed by atoms with van der Waals surface area (Å²) in [5, 5.41) is -0.168. The summed E-state index contributed by atoms with van der Waals surface area (Å²) in [4.78, 5) is 11.6. The standard InChI is InChI=1S/C14H17ClFNO4S/c1-2-21-14(18)10-4-3-7-17(9-10)22(19,20)13-6-5-11(16)8-12(13)15/h5-6,8,10H,2-4,7,9H2,1H3. The number of hydrogen-bond donors (Lipinski definition) is 0. The number of carbonyl (C=O) groups excluding carboxylic acids is 1. The number of carbonyl (C=O) groups is 1. The topological polar surface area (TPSA) is 63.7 Å². The lowest BCUT2D eigenvalue weighted by molar-refractivity contribution is -0.149. The Morgan fingerprint density at radius 1 is 1.50 bits per heavy atom. The Labute approximate surface area is 134 Å². The van der Waals surface area contributed by atoms with Gasteiger partial charge >= 0.3 is 5.97 Å². The SMILES string of the molecule is CCOC(=O)C1CCCN(S(=O)(=O)c2ccc(F)cc2Cl)C1. The molecule has 22 heavy (non-hydrogen) atoms. The van der Waals surface area contributed by atoms with Crippen molar-refractivity contribution < 1.29 is 22.3 Å². The van der Waals surface area contributed by atoms with Crippen LogP contribution in [0.15, 0.2) is 23.1 Å². The first-order chi connectivity index (χ1) is 10.4. The van der Waals surface area contributed by atoms with E-state index in [9.17, 15) is 17.6 Å². The molecule has 1 atom stereocenters. The number of rotatable bonds is 4. The molecule has 0 amide bonds. The van der Waals surface area contributed by atoms with Gasteiger partial charge in [0.25, 0.3) is 0 Å². The lowest BCUT2D eigenvalue weighted by Crippen LogP contribution is -2.42. The summed E-state index contributed by atoms with van der Waals surface area (Å²) in [6.07, 6.45) is 1.14. The fourth-order valence-corrected chi connectivity index (χ4v) is 4.47. The molecule has 0 aliphatic carbocycles. The van der Waals surface area contributed by atoms with Crippen LogP contribution in [0.2, 0.25) is 5.02 Å². The Morgan fingerprint density at radius 3 is 2.86 bits per heavy atom. The van der Waals surface area contributed by atoms with E-state index in [1.807, 2.05) is 0 Å². The number of sulfonamides is 1. The Morgan fingerprint density at radius 2 is 2.23 bits per heavy atom. The zero-order valence-electron chi connectivity index (χ0n) is 12.1. The first-order valence-corrected chi connectivity index (χ1v) is 8.80. The minimum absolute atomic E-state index is 0.0505. The van der Waals surface area contributed by atoms with Crippen LogP contribution in [0, 0.1) is 11.7 Å². The number of benzene rings is 1. The summed E-state index contributed by atoms with van der Waals surface area (Å²) < 4.78 is 44.5. The van der Waals surface area contributed by atoms with E-state index in [4.69, 9.17) is 16.3 Å². The van der Waals surface area contributed by atoms with Crippen molar-refractivity contribution in [1.82, 2.24) is 4.31 Å². The van der Waals surface area contributed by atoms with E-state index >= 15 is 0 Å². The van der Waals surface area contributed by atoms with Crippen molar-refractivity contribution in [3.8, 4) is 0 Å². The molecule has 2 rings (SSSR count). The van der Waals surface area contributed by atoms with Gasteiger partial charge in [-0.05, 0) is 38.0 Å². The highest BCUT2D eigenvalue weighted by molar-refractivity contribution is 7.89. The van der Waals surface area contributed by atoms with Crippen LogP contribution < -0.4 is 0 Å². The van der Waals surface area contributed by atoms with E-state index in [-0.39, 0.29) is 23.1 Å². The predicted molar refractivity (Wildman–Crippen MR) is 79.5 cm³/mol. The number of halogens is 2. The van der Waals surface area contributed by atoms with Crippen LogP contribution >= 0.6 is 11.6 Å². The highest BCUT2D eigenvalue weighted by Gasteiger charge is 2.34. The molecule has 0 saturated carbocycles. The molecular formula is C14H17ClFNO4S. The summed E-state index contributed by atoms with van der Waals surface area (Å²) in [7, 11) is -3.86. The normalized spacial score (nSPS) is 19.9. The van der Waals surface area contributed by atoms with Crippen LogP contribution in [0.5, 0.6) is 0 Å². The summed E-state index contributed by atoms with van der Waals surface area (Å²) in [6.45, 7) is 2.31. The minimum atomic E-state index is -3.86. The van der Waals surface area contributed by atoms with E-state index in [0.717, 1.165) is 18.2 Å². The summed E-state index contributed by atoms with van der Waals surface area (Å²) in [6, 6.07) is 3.15. The maximum absolute atomic E-state index is 13.1. The van der Waals surface area contributed by atoms with E-state index in [1.54, 1.807) is 6.92 Å². The third-order valence-electron chi connectivity index (χ3n) is 3.52. The number of esters is 1. The van der Waals surface area contributed by atoms with Crippen LogP contribution in [0.25, 0.3) is 0 Å². The minimum Gasteiger partial charge on any atom is -0.466 e. The van der Waals surface area contributed by atoms with Crippen molar-refractivity contribution in [3.05, 3.63) is 29.0 Å². The monoisotopic (exact) mass is 349 g/mol. The highest BCUT2D eigenvalue weighted by Crippen LogP contribution is 2.29. The molecule has 0 N–H and O–H groups in total. The van der Waals surface area contributed by atoms with Crippen molar-refractivity contribution in [3.63, 3.8) is 0 Å². The van der Waals surface area contributed by atoms with Gasteiger partial charge in [-0.1, -0.05) is 11.6 Å². The first kappa shape index (κ1) is 17.2. The number of hydrogen-bond acceptors (Lipinski definition) is 4. The van der Waals surface area contributed by atoms with Crippen LogP contribution in [0.1, 0.15) is 19.8 Å². The molecule has 0 aromatic heterocycles. The molecule has 8 heteroatoms.